The second-order valence-corrected chi connectivity index (χ2v) is 9.26. The summed E-state index contributed by atoms with van der Waals surface area (Å²) in [6, 6.07) is 10.2. The van der Waals surface area contributed by atoms with Crippen LogP contribution in [-0.4, -0.2) is 73.1 Å². The number of nitrogens with one attached hydrogen (secondary N) is 1. The quantitative estimate of drug-likeness (QED) is 0.428. The van der Waals surface area contributed by atoms with Crippen LogP contribution >= 0.6 is 12.2 Å². The first-order valence-corrected chi connectivity index (χ1v) is 12.3. The number of aromatic nitrogens is 6. The number of hydrogen-bond donors (Lipinski definition) is 1. The number of para-hydroxylation sites is 1. The van der Waals surface area contributed by atoms with E-state index >= 15 is 0 Å². The number of benzene rings is 1. The van der Waals surface area contributed by atoms with Crippen LogP contribution < -0.4 is 4.90 Å². The average molecular weight is 477 g/mol. The van der Waals surface area contributed by atoms with Gasteiger partial charge >= 0.3 is 0 Å². The molecule has 0 saturated carbocycles. The first kappa shape index (κ1) is 21.5. The number of piperazine rings is 1. The molecule has 1 N–H and O–H groups in total. The maximum Gasteiger partial charge on any atom is 0.225 e. The summed E-state index contributed by atoms with van der Waals surface area (Å²) in [5.41, 5.74) is 2.17. The molecular weight excluding hydrogens is 448 g/mol. The summed E-state index contributed by atoms with van der Waals surface area (Å²) in [4.78, 5) is 16.8. The third kappa shape index (κ3) is 4.13. The van der Waals surface area contributed by atoms with Gasteiger partial charge in [0.05, 0.1) is 19.3 Å². The Balaban J connectivity index is 1.27. The summed E-state index contributed by atoms with van der Waals surface area (Å²) in [6.07, 6.45) is 7.97. The fourth-order valence-electron chi connectivity index (χ4n) is 4.88. The summed E-state index contributed by atoms with van der Waals surface area (Å²) in [5, 5.41) is 6.19. The lowest BCUT2D eigenvalue weighted by molar-refractivity contribution is 0.0966. The van der Waals surface area contributed by atoms with E-state index in [1.807, 2.05) is 23.0 Å². The van der Waals surface area contributed by atoms with Gasteiger partial charge in [0, 0.05) is 67.8 Å². The largest absolute Gasteiger partial charge is 0.376 e. The van der Waals surface area contributed by atoms with Crippen molar-refractivity contribution < 1.29 is 4.74 Å². The molecule has 0 unspecified atom stereocenters. The van der Waals surface area contributed by atoms with Crippen LogP contribution in [0.1, 0.15) is 12.8 Å². The highest BCUT2D eigenvalue weighted by atomic mass is 32.1. The zero-order valence-corrected chi connectivity index (χ0v) is 19.8. The van der Waals surface area contributed by atoms with Crippen LogP contribution in [0.15, 0.2) is 48.9 Å². The van der Waals surface area contributed by atoms with Gasteiger partial charge < -0.3 is 14.6 Å². The van der Waals surface area contributed by atoms with Gasteiger partial charge in [0.15, 0.2) is 10.6 Å². The van der Waals surface area contributed by atoms with Crippen molar-refractivity contribution in [3.8, 4) is 11.4 Å². The van der Waals surface area contributed by atoms with E-state index in [-0.39, 0.29) is 6.10 Å². The normalized spacial score (nSPS) is 19.3. The SMILES string of the molecule is S=c1n(CN2CCN(c3ncccn3)CC2)nc(-c2c[nH]c3ccccc23)n1C[C@H]1CCCO1. The van der Waals surface area contributed by atoms with E-state index in [2.05, 4.69) is 47.5 Å². The van der Waals surface area contributed by atoms with Crippen LogP contribution in [0.4, 0.5) is 5.95 Å². The number of ether oxygens (including phenoxy) is 1. The molecule has 6 rings (SSSR count). The van der Waals surface area contributed by atoms with Crippen LogP contribution in [0.5, 0.6) is 0 Å². The van der Waals surface area contributed by atoms with Gasteiger partial charge in [-0.3, -0.25) is 9.47 Å². The number of aromatic amines is 1. The van der Waals surface area contributed by atoms with Gasteiger partial charge in [-0.2, -0.15) is 5.10 Å². The highest BCUT2D eigenvalue weighted by Gasteiger charge is 2.24. The topological polar surface area (TPSA) is 80.0 Å². The zero-order chi connectivity index (χ0) is 22.9. The molecule has 3 aromatic heterocycles. The summed E-state index contributed by atoms with van der Waals surface area (Å²) in [5.74, 6) is 1.69. The van der Waals surface area contributed by atoms with Crippen LogP contribution in [-0.2, 0) is 18.0 Å². The van der Waals surface area contributed by atoms with E-state index in [1.165, 1.54) is 0 Å². The first-order valence-electron chi connectivity index (χ1n) is 11.9. The van der Waals surface area contributed by atoms with Crippen molar-refractivity contribution in [3.05, 3.63) is 53.7 Å². The van der Waals surface area contributed by atoms with E-state index in [1.54, 1.807) is 12.4 Å². The number of nitrogens with zero attached hydrogens (tertiary/aromatic N) is 7. The van der Waals surface area contributed by atoms with E-state index in [0.29, 0.717) is 6.67 Å². The van der Waals surface area contributed by atoms with E-state index < -0.39 is 0 Å². The maximum absolute atomic E-state index is 5.95. The number of anilines is 1. The van der Waals surface area contributed by atoms with Crippen LogP contribution in [0, 0.1) is 4.77 Å². The van der Waals surface area contributed by atoms with Crippen molar-refractivity contribution in [1.82, 2.24) is 34.2 Å². The molecular formula is C24H28N8OS. The van der Waals surface area contributed by atoms with Crippen molar-refractivity contribution in [2.75, 3.05) is 37.7 Å². The van der Waals surface area contributed by atoms with Gasteiger partial charge in [-0.05, 0) is 37.2 Å². The van der Waals surface area contributed by atoms with Gasteiger partial charge in [0.25, 0.3) is 0 Å². The van der Waals surface area contributed by atoms with Crippen LogP contribution in [0.25, 0.3) is 22.3 Å². The molecule has 0 amide bonds. The Labute approximate surface area is 203 Å². The van der Waals surface area contributed by atoms with E-state index in [0.717, 1.165) is 85.2 Å². The third-order valence-electron chi connectivity index (χ3n) is 6.70. The standard InChI is InChI=1S/C24H28N8OS/c34-24-31(16-18-5-3-14-33-18)22(20-15-27-21-7-2-1-6-19(20)21)28-32(24)17-29-10-12-30(13-11-29)23-25-8-4-9-26-23/h1-2,4,6-9,15,18,27H,3,5,10-14,16-17H2/t18-/m1/s1. The fourth-order valence-corrected chi connectivity index (χ4v) is 5.14. The second-order valence-electron chi connectivity index (χ2n) is 8.89. The molecule has 176 valence electrons. The smallest absolute Gasteiger partial charge is 0.225 e. The van der Waals surface area contributed by atoms with Crippen LogP contribution in [0.3, 0.4) is 0 Å². The highest BCUT2D eigenvalue weighted by Crippen LogP contribution is 2.29. The summed E-state index contributed by atoms with van der Waals surface area (Å²) in [7, 11) is 0. The lowest BCUT2D eigenvalue weighted by Gasteiger charge is -2.34. The Kier molecular flexibility index (Phi) is 5.86. The minimum absolute atomic E-state index is 0.183. The lowest BCUT2D eigenvalue weighted by Crippen LogP contribution is -2.47. The number of fused-ring (bicyclic) bond motifs is 1. The van der Waals surface area contributed by atoms with Gasteiger partial charge in [-0.25, -0.2) is 14.6 Å². The molecule has 34 heavy (non-hydrogen) atoms. The van der Waals surface area contributed by atoms with Crippen molar-refractivity contribution in [3.63, 3.8) is 0 Å². The average Bonchev–Trinajstić information content (AvgIpc) is 3.62. The van der Waals surface area contributed by atoms with Crippen LogP contribution in [0.2, 0.25) is 0 Å². The molecule has 1 atom stereocenters. The first-order chi connectivity index (χ1) is 16.8. The van der Waals surface area contributed by atoms with Gasteiger partial charge in [-0.1, -0.05) is 18.2 Å². The Morgan fingerprint density at radius 2 is 1.88 bits per heavy atom. The maximum atomic E-state index is 5.95. The molecule has 0 bridgehead atoms. The van der Waals surface area contributed by atoms with Crippen molar-refractivity contribution in [2.45, 2.75) is 32.2 Å². The monoisotopic (exact) mass is 476 g/mol. The Bertz CT molecular complexity index is 1320. The van der Waals surface area contributed by atoms with E-state index in [4.69, 9.17) is 22.1 Å². The molecule has 2 aliphatic heterocycles. The summed E-state index contributed by atoms with van der Waals surface area (Å²) < 4.78 is 10.8. The Morgan fingerprint density at radius 3 is 2.68 bits per heavy atom. The molecule has 2 aliphatic rings. The fraction of sp³-hybridized carbons (Fsp3) is 0.417. The lowest BCUT2D eigenvalue weighted by atomic mass is 10.1. The van der Waals surface area contributed by atoms with Gasteiger partial charge in [0.1, 0.15) is 0 Å². The third-order valence-corrected chi connectivity index (χ3v) is 7.14. The van der Waals surface area contributed by atoms with E-state index in [9.17, 15) is 0 Å². The second kappa shape index (κ2) is 9.28. The Morgan fingerprint density at radius 1 is 1.06 bits per heavy atom. The molecule has 5 heterocycles. The minimum atomic E-state index is 0.183. The molecule has 10 heteroatoms. The number of rotatable bonds is 6. The number of H-pyrrole nitrogens is 1. The number of hydrogen-bond acceptors (Lipinski definition) is 7. The van der Waals surface area contributed by atoms with Gasteiger partial charge in [0.2, 0.25) is 5.95 Å². The molecule has 2 saturated heterocycles. The molecule has 4 aromatic rings. The molecule has 0 aliphatic carbocycles. The molecule has 2 fully saturated rings. The molecule has 0 spiro atoms. The highest BCUT2D eigenvalue weighted by molar-refractivity contribution is 7.71. The summed E-state index contributed by atoms with van der Waals surface area (Å²) in [6.45, 7) is 5.78. The van der Waals surface area contributed by atoms with Gasteiger partial charge in [-0.15, -0.1) is 0 Å². The molecule has 9 nitrogen and oxygen atoms in total. The molecule has 1 aromatic carbocycles. The predicted octanol–water partition coefficient (Wildman–Crippen LogP) is 3.31. The van der Waals surface area contributed by atoms with Crippen molar-refractivity contribution in [1.29, 1.82) is 0 Å². The zero-order valence-electron chi connectivity index (χ0n) is 19.0. The molecule has 0 radical (unpaired) electrons. The minimum Gasteiger partial charge on any atom is -0.376 e. The summed E-state index contributed by atoms with van der Waals surface area (Å²) >= 11 is 5.95. The predicted molar refractivity (Wildman–Crippen MR) is 133 cm³/mol. The van der Waals surface area contributed by atoms with Crippen molar-refractivity contribution >= 4 is 29.1 Å². The Hall–Kier alpha value is -3.08. The van der Waals surface area contributed by atoms with Crippen molar-refractivity contribution in [2.24, 2.45) is 0 Å².